The van der Waals surface area contributed by atoms with E-state index in [0.717, 1.165) is 80.7 Å². The van der Waals surface area contributed by atoms with Gasteiger partial charge in [-0.25, -0.2) is 9.78 Å². The Bertz CT molecular complexity index is 2450. The summed E-state index contributed by atoms with van der Waals surface area (Å²) in [7, 11) is 1.58. The van der Waals surface area contributed by atoms with Crippen molar-refractivity contribution in [1.82, 2.24) is 35.7 Å². The van der Waals surface area contributed by atoms with Gasteiger partial charge < -0.3 is 41.3 Å². The monoisotopic (exact) mass is 884 g/mol. The van der Waals surface area contributed by atoms with Gasteiger partial charge >= 0.3 is 6.03 Å². The number of anilines is 5. The maximum atomic E-state index is 13.3. The maximum absolute atomic E-state index is 13.3. The van der Waals surface area contributed by atoms with E-state index in [1.165, 1.54) is 6.20 Å². The first-order chi connectivity index (χ1) is 31.1. The molecule has 1 aromatic heterocycles. The first-order valence-electron chi connectivity index (χ1n) is 22.1. The second-order valence-corrected chi connectivity index (χ2v) is 17.1. The minimum Gasteiger partial charge on any atom is -0.368 e. The van der Waals surface area contributed by atoms with E-state index in [0.29, 0.717) is 72.1 Å². The summed E-state index contributed by atoms with van der Waals surface area (Å²) in [5.74, 6) is 6.66. The van der Waals surface area contributed by atoms with Crippen LogP contribution >= 0.6 is 11.6 Å². The normalized spacial score (nSPS) is 19.7. The summed E-state index contributed by atoms with van der Waals surface area (Å²) >= 11 is 6.41. The van der Waals surface area contributed by atoms with Crippen LogP contribution in [0.1, 0.15) is 89.6 Å². The van der Waals surface area contributed by atoms with Gasteiger partial charge in [-0.1, -0.05) is 41.6 Å². The van der Waals surface area contributed by atoms with Crippen LogP contribution in [0.25, 0.3) is 0 Å². The highest BCUT2D eigenvalue weighted by atomic mass is 35.5. The predicted octanol–water partition coefficient (Wildman–Crippen LogP) is 6.19. The van der Waals surface area contributed by atoms with Crippen molar-refractivity contribution in [1.29, 1.82) is 0 Å². The molecule has 5 N–H and O–H groups in total. The largest absolute Gasteiger partial charge is 0.368 e. The second-order valence-electron chi connectivity index (χ2n) is 16.6. The summed E-state index contributed by atoms with van der Waals surface area (Å²) in [6.07, 6.45) is 7.64. The Hall–Kier alpha value is -6.50. The Kier molecular flexibility index (Phi) is 14.0. The number of amides is 4. The van der Waals surface area contributed by atoms with Crippen molar-refractivity contribution in [3.05, 3.63) is 100 Å². The number of halogens is 1. The third-order valence-electron chi connectivity index (χ3n) is 12.5. The lowest BCUT2D eigenvalue weighted by atomic mass is 9.91. The molecule has 2 aliphatic heterocycles. The Morgan fingerprint density at radius 3 is 2.41 bits per heavy atom. The van der Waals surface area contributed by atoms with E-state index < -0.39 is 6.04 Å². The van der Waals surface area contributed by atoms with Gasteiger partial charge in [-0.15, -0.1) is 0 Å². The van der Waals surface area contributed by atoms with Crippen molar-refractivity contribution in [2.75, 3.05) is 55.3 Å². The van der Waals surface area contributed by atoms with Gasteiger partial charge in [-0.2, -0.15) is 4.98 Å². The molecule has 1 atom stereocenters. The number of hydrogen-bond acceptors (Lipinski definition) is 11. The summed E-state index contributed by atoms with van der Waals surface area (Å²) in [5, 5.41) is 16.3. The Labute approximate surface area is 378 Å². The number of rotatable bonds is 12. The van der Waals surface area contributed by atoms with E-state index in [1.807, 2.05) is 47.4 Å². The molecule has 3 heterocycles. The van der Waals surface area contributed by atoms with Crippen LogP contribution in [0.2, 0.25) is 5.02 Å². The minimum absolute atomic E-state index is 0.00298. The lowest BCUT2D eigenvalue weighted by Crippen LogP contribution is -2.54. The number of hydrogen-bond donors (Lipinski definition) is 5. The summed E-state index contributed by atoms with van der Waals surface area (Å²) in [6.45, 7) is 3.94. The summed E-state index contributed by atoms with van der Waals surface area (Å²) < 4.78 is 0. The lowest BCUT2D eigenvalue weighted by Gasteiger charge is -2.37. The third kappa shape index (κ3) is 10.5. The second kappa shape index (κ2) is 20.3. The molecule has 64 heavy (non-hydrogen) atoms. The number of nitrogens with zero attached hydrogens (tertiary/aromatic N) is 5. The van der Waals surface area contributed by atoms with Gasteiger partial charge in [0.2, 0.25) is 5.95 Å². The fourth-order valence-electron chi connectivity index (χ4n) is 8.88. The number of piperazine rings is 1. The van der Waals surface area contributed by atoms with Gasteiger partial charge in [0.05, 0.1) is 29.9 Å². The first-order valence-corrected chi connectivity index (χ1v) is 22.5. The number of aromatic nitrogens is 2. The molecule has 1 unspecified atom stereocenters. The molecule has 0 radical (unpaired) electrons. The number of carbonyl (C=O) groups is 5. The van der Waals surface area contributed by atoms with Crippen LogP contribution in [0.15, 0.2) is 72.9 Å². The number of Topliss-reactive ketones (excluding diaryl/α,β-unsaturated/α-hetero) is 2. The summed E-state index contributed by atoms with van der Waals surface area (Å²) in [6, 6.07) is 20.7. The van der Waals surface area contributed by atoms with E-state index in [2.05, 4.69) is 53.3 Å². The Balaban J connectivity index is 0.722. The summed E-state index contributed by atoms with van der Waals surface area (Å²) in [4.78, 5) is 77.7. The van der Waals surface area contributed by atoms with Crippen molar-refractivity contribution in [2.24, 2.45) is 0 Å². The zero-order valence-electron chi connectivity index (χ0n) is 35.9. The van der Waals surface area contributed by atoms with Crippen LogP contribution in [-0.2, 0) is 16.1 Å². The highest BCUT2D eigenvalue weighted by Crippen LogP contribution is 2.32. The van der Waals surface area contributed by atoms with Crippen LogP contribution in [0.3, 0.4) is 0 Å². The van der Waals surface area contributed by atoms with E-state index in [9.17, 15) is 24.0 Å². The molecule has 4 amide bonds. The van der Waals surface area contributed by atoms with Crippen molar-refractivity contribution in [2.45, 2.75) is 82.5 Å². The van der Waals surface area contributed by atoms with Crippen LogP contribution in [0, 0.1) is 11.8 Å². The van der Waals surface area contributed by atoms with Gasteiger partial charge in [0.15, 0.2) is 11.6 Å². The standard InChI is InChI=1S/C48H53ClN10O5/c1-50-45(62)38-10-4-5-12-41(38)55-44-40(49)29-52-47(56-44)53-33-17-19-35(20-18-33)57-24-26-58(27-25-57)48(64)54-34-15-13-32(14-16-34)51-23-6-2-3-8-31-9-7-11-37-39(31)30-59(46(37)63)42-22-21-36(60)28-43(42)61/h4-5,7,9-12,17-20,29,32,34,42,51H,2,6,13-16,21-28,30H2,1H3,(H,50,62)(H,54,64)(H2,52,53,55,56)/t32-,34+,42?. The fourth-order valence-corrected chi connectivity index (χ4v) is 9.02. The molecule has 0 spiro atoms. The molecule has 3 aromatic carbocycles. The molecule has 332 valence electrons. The van der Waals surface area contributed by atoms with Crippen LogP contribution in [-0.4, -0.2) is 107 Å². The van der Waals surface area contributed by atoms with Gasteiger partial charge in [-0.05, 0) is 99.2 Å². The molecule has 4 aliphatic rings. The molecule has 15 nitrogen and oxygen atoms in total. The smallest absolute Gasteiger partial charge is 0.317 e. The van der Waals surface area contributed by atoms with Crippen LogP contribution in [0.5, 0.6) is 0 Å². The first kappa shape index (κ1) is 44.1. The molecule has 8 rings (SSSR count). The quantitative estimate of drug-likeness (QED) is 0.0623. The molecule has 0 bridgehead atoms. The number of unbranched alkanes of at least 4 members (excludes halogenated alkanes) is 1. The van der Waals surface area contributed by atoms with Crippen molar-refractivity contribution in [3.63, 3.8) is 0 Å². The average Bonchev–Trinajstić information content (AvgIpc) is 3.65. The van der Waals surface area contributed by atoms with Crippen LogP contribution in [0.4, 0.5) is 33.6 Å². The molecular weight excluding hydrogens is 832 g/mol. The number of fused-ring (bicyclic) bond motifs is 1. The van der Waals surface area contributed by atoms with Crippen molar-refractivity contribution >= 4 is 69.8 Å². The number of nitrogens with one attached hydrogen (secondary N) is 5. The minimum atomic E-state index is -0.533. The van der Waals surface area contributed by atoms with Gasteiger partial charge in [0, 0.05) is 87.2 Å². The van der Waals surface area contributed by atoms with E-state index in [1.54, 1.807) is 36.2 Å². The third-order valence-corrected chi connectivity index (χ3v) is 12.7. The molecule has 1 saturated heterocycles. The Morgan fingerprint density at radius 2 is 1.64 bits per heavy atom. The highest BCUT2D eigenvalue weighted by molar-refractivity contribution is 6.33. The molecule has 2 saturated carbocycles. The molecule has 4 aromatic rings. The summed E-state index contributed by atoms with van der Waals surface area (Å²) in [5.41, 5.74) is 5.18. The maximum Gasteiger partial charge on any atom is 0.317 e. The fraction of sp³-hybridized carbons (Fsp3) is 0.396. The van der Waals surface area contributed by atoms with E-state index in [4.69, 9.17) is 11.6 Å². The average molecular weight is 885 g/mol. The van der Waals surface area contributed by atoms with Crippen LogP contribution < -0.4 is 31.5 Å². The molecule has 3 fully saturated rings. The number of carbonyl (C=O) groups excluding carboxylic acids is 5. The molecular formula is C48H53ClN10O5. The number of para-hydroxylation sites is 1. The number of urea groups is 1. The topological polar surface area (TPSA) is 181 Å². The van der Waals surface area contributed by atoms with Gasteiger partial charge in [-0.3, -0.25) is 19.2 Å². The number of benzene rings is 3. The van der Waals surface area contributed by atoms with E-state index >= 15 is 0 Å². The molecule has 16 heteroatoms. The van der Waals surface area contributed by atoms with Crippen molar-refractivity contribution in [3.8, 4) is 11.8 Å². The lowest BCUT2D eigenvalue weighted by molar-refractivity contribution is -0.133. The van der Waals surface area contributed by atoms with E-state index in [-0.39, 0.29) is 41.9 Å². The van der Waals surface area contributed by atoms with Crippen molar-refractivity contribution < 1.29 is 24.0 Å². The highest BCUT2D eigenvalue weighted by Gasteiger charge is 2.39. The van der Waals surface area contributed by atoms with Gasteiger partial charge in [0.25, 0.3) is 11.8 Å². The molecule has 2 aliphatic carbocycles. The zero-order valence-corrected chi connectivity index (χ0v) is 36.7. The predicted molar refractivity (Wildman–Crippen MR) is 246 cm³/mol. The van der Waals surface area contributed by atoms with Gasteiger partial charge in [0.1, 0.15) is 10.8 Å². The number of ketones is 2. The SMILES string of the molecule is CNC(=O)c1ccccc1Nc1nc(Nc2ccc(N3CCN(C(=O)N[C@H]4CC[C@@H](NCCCC#Cc5cccc6c5CN(C5CCC(=O)CC5=O)C6=O)CC4)CC3)cc2)ncc1Cl. The zero-order chi connectivity index (χ0) is 44.6. The Morgan fingerprint density at radius 1 is 0.875 bits per heavy atom.